The van der Waals surface area contributed by atoms with E-state index in [1.54, 1.807) is 7.11 Å². The Morgan fingerprint density at radius 3 is 2.60 bits per heavy atom. The highest BCUT2D eigenvalue weighted by atomic mass is 16.6. The Labute approximate surface area is 182 Å². The SMILES string of the molecule is CCC(C)C(C)NCC(=O)O[C@@H]1CC[C@]2(CO2)[C@@H]([C@]2(C)O[C@@H]2CC=C(C)C)[C@@H]1OC. The number of hydrogen-bond acceptors (Lipinski definition) is 6. The van der Waals surface area contributed by atoms with E-state index in [1.807, 2.05) is 0 Å². The van der Waals surface area contributed by atoms with Crippen molar-refractivity contribution >= 4 is 5.97 Å². The van der Waals surface area contributed by atoms with E-state index in [2.05, 4.69) is 52.9 Å². The summed E-state index contributed by atoms with van der Waals surface area (Å²) >= 11 is 0. The van der Waals surface area contributed by atoms with Gasteiger partial charge in [0.15, 0.2) is 0 Å². The largest absolute Gasteiger partial charge is 0.459 e. The molecule has 3 fully saturated rings. The molecule has 8 atom stereocenters. The van der Waals surface area contributed by atoms with Gasteiger partial charge in [0.05, 0.1) is 25.2 Å². The van der Waals surface area contributed by atoms with Crippen LogP contribution in [0.2, 0.25) is 0 Å². The number of allylic oxidation sites excluding steroid dienone is 1. The first-order valence-electron chi connectivity index (χ1n) is 11.6. The summed E-state index contributed by atoms with van der Waals surface area (Å²) in [5, 5.41) is 3.30. The number of rotatable bonds is 10. The van der Waals surface area contributed by atoms with Gasteiger partial charge in [-0.3, -0.25) is 4.79 Å². The molecule has 6 nitrogen and oxygen atoms in total. The maximum Gasteiger partial charge on any atom is 0.320 e. The molecular weight excluding hydrogens is 382 g/mol. The molecule has 2 aliphatic heterocycles. The summed E-state index contributed by atoms with van der Waals surface area (Å²) in [6, 6.07) is 0.276. The second kappa shape index (κ2) is 9.27. The Morgan fingerprint density at radius 1 is 1.33 bits per heavy atom. The van der Waals surface area contributed by atoms with Crippen molar-refractivity contribution in [2.75, 3.05) is 20.3 Å². The fourth-order valence-electron chi connectivity index (χ4n) is 5.08. The third kappa shape index (κ3) is 4.93. The van der Waals surface area contributed by atoms with E-state index in [9.17, 15) is 4.79 Å². The summed E-state index contributed by atoms with van der Waals surface area (Å²) in [6.07, 6.45) is 5.49. The van der Waals surface area contributed by atoms with Crippen LogP contribution < -0.4 is 5.32 Å². The van der Waals surface area contributed by atoms with Crippen molar-refractivity contribution < 1.29 is 23.7 Å². The Bertz CT molecular complexity index is 642. The molecule has 1 aliphatic carbocycles. The van der Waals surface area contributed by atoms with Crippen LogP contribution >= 0.6 is 0 Å². The molecule has 1 N–H and O–H groups in total. The second-order valence-electron chi connectivity index (χ2n) is 9.96. The third-order valence-electron chi connectivity index (χ3n) is 7.59. The summed E-state index contributed by atoms with van der Waals surface area (Å²) in [7, 11) is 1.71. The van der Waals surface area contributed by atoms with Crippen molar-refractivity contribution in [1.82, 2.24) is 5.32 Å². The minimum Gasteiger partial charge on any atom is -0.459 e. The van der Waals surface area contributed by atoms with Gasteiger partial charge in [-0.2, -0.15) is 0 Å². The van der Waals surface area contributed by atoms with Crippen molar-refractivity contribution in [2.24, 2.45) is 11.8 Å². The van der Waals surface area contributed by atoms with Gasteiger partial charge in [-0.05, 0) is 52.9 Å². The third-order valence-corrected chi connectivity index (χ3v) is 7.59. The molecule has 0 aromatic rings. The molecule has 0 bridgehead atoms. The van der Waals surface area contributed by atoms with E-state index in [0.717, 1.165) is 32.3 Å². The number of epoxide rings is 2. The van der Waals surface area contributed by atoms with Crippen LogP contribution in [0.1, 0.15) is 67.2 Å². The van der Waals surface area contributed by atoms with Crippen molar-refractivity contribution in [3.8, 4) is 0 Å². The van der Waals surface area contributed by atoms with Crippen LogP contribution in [-0.4, -0.2) is 61.8 Å². The lowest BCUT2D eigenvalue weighted by Gasteiger charge is -2.42. The monoisotopic (exact) mass is 423 g/mol. The molecule has 6 heteroatoms. The predicted octanol–water partition coefficient (Wildman–Crippen LogP) is 3.63. The highest BCUT2D eigenvalue weighted by Crippen LogP contribution is 2.59. The van der Waals surface area contributed by atoms with Gasteiger partial charge >= 0.3 is 5.97 Å². The van der Waals surface area contributed by atoms with Gasteiger partial charge in [-0.15, -0.1) is 0 Å². The van der Waals surface area contributed by atoms with Gasteiger partial charge in [0.25, 0.3) is 0 Å². The van der Waals surface area contributed by atoms with E-state index in [-0.39, 0.29) is 54.0 Å². The fraction of sp³-hybridized carbons (Fsp3) is 0.875. The molecular formula is C24H41NO5. The standard InChI is InChI=1S/C24H41NO5/c1-8-16(4)17(5)25-13-20(26)29-18-11-12-24(14-28-24)22(21(18)27-7)23(6)19(30-23)10-9-15(2)3/h9,16-19,21-22,25H,8,10-14H2,1-7H3/t16?,17?,18-,19-,21-,22-,23-,24+/m1/s1. The van der Waals surface area contributed by atoms with Crippen LogP contribution in [-0.2, 0) is 23.7 Å². The first-order chi connectivity index (χ1) is 14.2. The number of ether oxygens (including phenoxy) is 4. The average Bonchev–Trinajstić information content (AvgIpc) is 3.62. The maximum absolute atomic E-state index is 12.6. The zero-order valence-corrected chi connectivity index (χ0v) is 19.8. The highest BCUT2D eigenvalue weighted by Gasteiger charge is 2.72. The van der Waals surface area contributed by atoms with E-state index in [4.69, 9.17) is 18.9 Å². The lowest BCUT2D eigenvalue weighted by atomic mass is 9.68. The number of carbonyl (C=O) groups excluding carboxylic acids is 1. The van der Waals surface area contributed by atoms with Gasteiger partial charge in [0.1, 0.15) is 23.4 Å². The molecule has 0 aromatic heterocycles. The van der Waals surface area contributed by atoms with Crippen molar-refractivity contribution in [1.29, 1.82) is 0 Å². The summed E-state index contributed by atoms with van der Waals surface area (Å²) in [5.41, 5.74) is 0.793. The van der Waals surface area contributed by atoms with Gasteiger partial charge in [-0.1, -0.05) is 31.9 Å². The number of hydrogen-bond donors (Lipinski definition) is 1. The van der Waals surface area contributed by atoms with Crippen molar-refractivity contribution in [3.05, 3.63) is 11.6 Å². The fourth-order valence-corrected chi connectivity index (χ4v) is 5.08. The van der Waals surface area contributed by atoms with Crippen LogP contribution in [0.15, 0.2) is 11.6 Å². The normalized spacial score (nSPS) is 39.3. The molecule has 0 radical (unpaired) electrons. The first-order valence-corrected chi connectivity index (χ1v) is 11.6. The number of carbonyl (C=O) groups is 1. The van der Waals surface area contributed by atoms with E-state index in [1.165, 1.54) is 5.57 Å². The van der Waals surface area contributed by atoms with Gasteiger partial charge in [0.2, 0.25) is 0 Å². The van der Waals surface area contributed by atoms with Gasteiger partial charge in [0, 0.05) is 13.2 Å². The molecule has 1 saturated carbocycles. The van der Waals surface area contributed by atoms with E-state index >= 15 is 0 Å². The van der Waals surface area contributed by atoms with Crippen molar-refractivity contribution in [2.45, 2.75) is 103 Å². The molecule has 2 saturated heterocycles. The Kier molecular flexibility index (Phi) is 7.33. The molecule has 172 valence electrons. The molecule has 30 heavy (non-hydrogen) atoms. The number of methoxy groups -OCH3 is 1. The Balaban J connectivity index is 1.64. The molecule has 3 aliphatic rings. The van der Waals surface area contributed by atoms with Crippen LogP contribution in [0.3, 0.4) is 0 Å². The first kappa shape index (κ1) is 23.7. The lowest BCUT2D eigenvalue weighted by Crippen LogP contribution is -2.56. The number of esters is 1. The summed E-state index contributed by atoms with van der Waals surface area (Å²) in [6.45, 7) is 13.8. The van der Waals surface area contributed by atoms with Crippen LogP contribution in [0.4, 0.5) is 0 Å². The average molecular weight is 424 g/mol. The number of nitrogens with one attached hydrogen (secondary N) is 1. The topological polar surface area (TPSA) is 72.6 Å². The quantitative estimate of drug-likeness (QED) is 0.329. The van der Waals surface area contributed by atoms with E-state index in [0.29, 0.717) is 5.92 Å². The Morgan fingerprint density at radius 2 is 2.03 bits per heavy atom. The predicted molar refractivity (Wildman–Crippen MR) is 116 cm³/mol. The minimum atomic E-state index is -0.308. The maximum atomic E-state index is 12.6. The molecule has 3 rings (SSSR count). The highest BCUT2D eigenvalue weighted by molar-refractivity contribution is 5.72. The molecule has 2 heterocycles. The zero-order valence-electron chi connectivity index (χ0n) is 19.8. The molecule has 1 spiro atoms. The summed E-state index contributed by atoms with van der Waals surface area (Å²) in [5.74, 6) is 0.357. The van der Waals surface area contributed by atoms with Crippen LogP contribution in [0.5, 0.6) is 0 Å². The van der Waals surface area contributed by atoms with Crippen LogP contribution in [0.25, 0.3) is 0 Å². The molecule has 2 unspecified atom stereocenters. The van der Waals surface area contributed by atoms with Gasteiger partial charge in [-0.25, -0.2) is 0 Å². The second-order valence-corrected chi connectivity index (χ2v) is 9.96. The lowest BCUT2D eigenvalue weighted by molar-refractivity contribution is -0.171. The van der Waals surface area contributed by atoms with Crippen molar-refractivity contribution in [3.63, 3.8) is 0 Å². The Hall–Kier alpha value is -0.950. The molecule has 0 amide bonds. The van der Waals surface area contributed by atoms with Gasteiger partial charge < -0.3 is 24.3 Å². The summed E-state index contributed by atoms with van der Waals surface area (Å²) in [4.78, 5) is 12.6. The van der Waals surface area contributed by atoms with E-state index < -0.39 is 0 Å². The zero-order chi connectivity index (χ0) is 22.1. The van der Waals surface area contributed by atoms with Crippen LogP contribution in [0, 0.1) is 11.8 Å². The smallest absolute Gasteiger partial charge is 0.320 e. The molecule has 0 aromatic carbocycles. The minimum absolute atomic E-state index is 0.0594. The summed E-state index contributed by atoms with van der Waals surface area (Å²) < 4.78 is 24.0.